The zero-order valence-corrected chi connectivity index (χ0v) is 14.3. The van der Waals surface area contributed by atoms with Crippen LogP contribution in [-0.4, -0.2) is 45.2 Å². The topological polar surface area (TPSA) is 73.7 Å². The largest absolute Gasteiger partial charge is 0.383 e. The Labute approximate surface area is 144 Å². The molecule has 2 N–H and O–H groups in total. The third-order valence-electron chi connectivity index (χ3n) is 5.53. The molecule has 1 aromatic heterocycles. The van der Waals surface area contributed by atoms with Gasteiger partial charge in [-0.05, 0) is 36.8 Å². The molecular weight excluding hydrogens is 324 g/mol. The molecule has 0 unspecified atom stereocenters. The molecule has 2 heterocycles. The second kappa shape index (κ2) is 6.10. The molecule has 2 atom stereocenters. The SMILES string of the molecule is O=C([C@H](O)[C@H](O)c1nc2ccccc2s1)N1CCC2(CCCC2)C1. The standard InChI is InChI=1S/C18H22N2O3S/c21-14(16-19-12-5-1-2-6-13(12)24-16)15(22)17(23)20-10-9-18(11-20)7-3-4-8-18/h1-2,5-6,14-15,21-22H,3-4,7-11H2/t14-,15+/m0/s1. The highest BCUT2D eigenvalue weighted by Gasteiger charge is 2.43. The lowest BCUT2D eigenvalue weighted by Crippen LogP contribution is -2.41. The Morgan fingerprint density at radius 2 is 1.96 bits per heavy atom. The van der Waals surface area contributed by atoms with E-state index in [4.69, 9.17) is 0 Å². The normalized spacial score (nSPS) is 22.3. The van der Waals surface area contributed by atoms with Crippen LogP contribution in [0, 0.1) is 5.41 Å². The van der Waals surface area contributed by atoms with Crippen LogP contribution in [0.4, 0.5) is 0 Å². The molecule has 0 bridgehead atoms. The highest BCUT2D eigenvalue weighted by atomic mass is 32.1. The summed E-state index contributed by atoms with van der Waals surface area (Å²) in [6.07, 6.45) is 3.12. The molecule has 1 saturated carbocycles. The van der Waals surface area contributed by atoms with Gasteiger partial charge in [0.1, 0.15) is 11.1 Å². The number of para-hydroxylation sites is 1. The monoisotopic (exact) mass is 346 g/mol. The molecule has 24 heavy (non-hydrogen) atoms. The molecule has 4 rings (SSSR count). The fraction of sp³-hybridized carbons (Fsp3) is 0.556. The molecular formula is C18H22N2O3S. The van der Waals surface area contributed by atoms with Gasteiger partial charge in [0, 0.05) is 13.1 Å². The fourth-order valence-electron chi connectivity index (χ4n) is 4.13. The van der Waals surface area contributed by atoms with E-state index in [0.29, 0.717) is 11.6 Å². The number of aliphatic hydroxyl groups excluding tert-OH is 2. The molecule has 128 valence electrons. The van der Waals surface area contributed by atoms with Crippen LogP contribution < -0.4 is 0 Å². The molecule has 1 saturated heterocycles. The minimum Gasteiger partial charge on any atom is -0.383 e. The number of hydrogen-bond donors (Lipinski definition) is 2. The zero-order valence-electron chi connectivity index (χ0n) is 13.5. The number of carbonyl (C=O) groups excluding carboxylic acids is 1. The quantitative estimate of drug-likeness (QED) is 0.895. The van der Waals surface area contributed by atoms with Gasteiger partial charge in [-0.15, -0.1) is 11.3 Å². The highest BCUT2D eigenvalue weighted by Crippen LogP contribution is 2.45. The zero-order chi connectivity index (χ0) is 16.7. The molecule has 1 aliphatic heterocycles. The number of hydrogen-bond acceptors (Lipinski definition) is 5. The van der Waals surface area contributed by atoms with E-state index in [1.807, 2.05) is 24.3 Å². The maximum absolute atomic E-state index is 12.6. The summed E-state index contributed by atoms with van der Waals surface area (Å²) in [5, 5.41) is 21.2. The minimum atomic E-state index is -1.44. The average molecular weight is 346 g/mol. The summed E-state index contributed by atoms with van der Waals surface area (Å²) in [4.78, 5) is 18.7. The van der Waals surface area contributed by atoms with Crippen molar-refractivity contribution >= 4 is 27.5 Å². The number of carbonyl (C=O) groups is 1. The second-order valence-electron chi connectivity index (χ2n) is 7.13. The van der Waals surface area contributed by atoms with Crippen LogP contribution in [0.2, 0.25) is 0 Å². The van der Waals surface area contributed by atoms with E-state index in [0.717, 1.165) is 23.2 Å². The number of rotatable bonds is 3. The smallest absolute Gasteiger partial charge is 0.254 e. The summed E-state index contributed by atoms with van der Waals surface area (Å²) in [5.74, 6) is -0.370. The first-order chi connectivity index (χ1) is 11.6. The Morgan fingerprint density at radius 3 is 2.71 bits per heavy atom. The van der Waals surface area contributed by atoms with Gasteiger partial charge in [0.05, 0.1) is 10.2 Å². The number of aromatic nitrogens is 1. The van der Waals surface area contributed by atoms with Gasteiger partial charge in [-0.1, -0.05) is 25.0 Å². The number of amides is 1. The third kappa shape index (κ3) is 2.72. The molecule has 5 nitrogen and oxygen atoms in total. The molecule has 2 fully saturated rings. The van der Waals surface area contributed by atoms with Gasteiger partial charge < -0.3 is 15.1 Å². The molecule has 1 amide bonds. The summed E-state index contributed by atoms with van der Waals surface area (Å²) < 4.78 is 0.942. The van der Waals surface area contributed by atoms with Crippen molar-refractivity contribution in [1.82, 2.24) is 9.88 Å². The molecule has 1 aromatic carbocycles. The Kier molecular flexibility index (Phi) is 4.06. The van der Waals surface area contributed by atoms with Crippen LogP contribution in [0.1, 0.15) is 43.2 Å². The average Bonchev–Trinajstić information content (AvgIpc) is 3.33. The van der Waals surface area contributed by atoms with Crippen molar-refractivity contribution in [3.63, 3.8) is 0 Å². The van der Waals surface area contributed by atoms with E-state index in [9.17, 15) is 15.0 Å². The first-order valence-electron chi connectivity index (χ1n) is 8.58. The lowest BCUT2D eigenvalue weighted by Gasteiger charge is -2.26. The van der Waals surface area contributed by atoms with Gasteiger partial charge in [-0.3, -0.25) is 4.79 Å². The van der Waals surface area contributed by atoms with Gasteiger partial charge in [0.15, 0.2) is 6.10 Å². The predicted octanol–water partition coefficient (Wildman–Crippen LogP) is 2.48. The maximum Gasteiger partial charge on any atom is 0.254 e. The first-order valence-corrected chi connectivity index (χ1v) is 9.40. The van der Waals surface area contributed by atoms with Crippen LogP contribution in [0.15, 0.2) is 24.3 Å². The van der Waals surface area contributed by atoms with E-state index >= 15 is 0 Å². The van der Waals surface area contributed by atoms with Crippen molar-refractivity contribution < 1.29 is 15.0 Å². The van der Waals surface area contributed by atoms with Crippen LogP contribution in [0.3, 0.4) is 0 Å². The van der Waals surface area contributed by atoms with Crippen molar-refractivity contribution in [1.29, 1.82) is 0 Å². The number of benzene rings is 1. The van der Waals surface area contributed by atoms with Crippen LogP contribution >= 0.6 is 11.3 Å². The van der Waals surface area contributed by atoms with Crippen molar-refractivity contribution in [2.75, 3.05) is 13.1 Å². The van der Waals surface area contributed by atoms with Crippen LogP contribution in [-0.2, 0) is 4.79 Å². The van der Waals surface area contributed by atoms with Gasteiger partial charge in [-0.25, -0.2) is 4.98 Å². The highest BCUT2D eigenvalue weighted by molar-refractivity contribution is 7.18. The molecule has 2 aromatic rings. The molecule has 0 radical (unpaired) electrons. The van der Waals surface area contributed by atoms with E-state index < -0.39 is 12.2 Å². The van der Waals surface area contributed by atoms with Gasteiger partial charge in [-0.2, -0.15) is 0 Å². The third-order valence-corrected chi connectivity index (χ3v) is 6.64. The maximum atomic E-state index is 12.6. The minimum absolute atomic E-state index is 0.260. The predicted molar refractivity (Wildman–Crippen MR) is 92.7 cm³/mol. The van der Waals surface area contributed by atoms with Crippen LogP contribution in [0.5, 0.6) is 0 Å². The number of aliphatic hydroxyl groups is 2. The number of likely N-dealkylation sites (tertiary alicyclic amines) is 1. The van der Waals surface area contributed by atoms with E-state index in [-0.39, 0.29) is 11.3 Å². The second-order valence-corrected chi connectivity index (χ2v) is 8.19. The summed E-state index contributed by atoms with van der Waals surface area (Å²) in [7, 11) is 0. The summed E-state index contributed by atoms with van der Waals surface area (Å²) in [6.45, 7) is 1.40. The first kappa shape index (κ1) is 16.0. The van der Waals surface area contributed by atoms with Crippen molar-refractivity contribution in [2.24, 2.45) is 5.41 Å². The molecule has 1 spiro atoms. The van der Waals surface area contributed by atoms with Gasteiger partial charge in [0.25, 0.3) is 5.91 Å². The number of fused-ring (bicyclic) bond motifs is 1. The van der Waals surface area contributed by atoms with Crippen molar-refractivity contribution in [2.45, 2.75) is 44.3 Å². The summed E-state index contributed by atoms with van der Waals surface area (Å²) >= 11 is 1.32. The molecule has 6 heteroatoms. The molecule has 1 aliphatic carbocycles. The lowest BCUT2D eigenvalue weighted by atomic mass is 9.86. The van der Waals surface area contributed by atoms with E-state index in [1.54, 1.807) is 4.90 Å². The fourth-order valence-corrected chi connectivity index (χ4v) is 5.11. The Balaban J connectivity index is 1.48. The summed E-state index contributed by atoms with van der Waals surface area (Å²) in [5.41, 5.74) is 1.04. The number of thiazole rings is 1. The van der Waals surface area contributed by atoms with Crippen molar-refractivity contribution in [3.05, 3.63) is 29.3 Å². The van der Waals surface area contributed by atoms with Crippen molar-refractivity contribution in [3.8, 4) is 0 Å². The Bertz CT molecular complexity index is 721. The van der Waals surface area contributed by atoms with Crippen LogP contribution in [0.25, 0.3) is 10.2 Å². The summed E-state index contributed by atoms with van der Waals surface area (Å²) in [6, 6.07) is 7.57. The lowest BCUT2D eigenvalue weighted by molar-refractivity contribution is -0.145. The Morgan fingerprint density at radius 1 is 1.21 bits per heavy atom. The number of nitrogens with zero attached hydrogens (tertiary/aromatic N) is 2. The van der Waals surface area contributed by atoms with E-state index in [1.165, 1.54) is 37.0 Å². The molecule has 2 aliphatic rings. The Hall–Kier alpha value is -1.50. The van der Waals surface area contributed by atoms with Gasteiger partial charge >= 0.3 is 0 Å². The van der Waals surface area contributed by atoms with E-state index in [2.05, 4.69) is 4.98 Å². The van der Waals surface area contributed by atoms with Gasteiger partial charge in [0.2, 0.25) is 0 Å².